The third-order valence-electron chi connectivity index (χ3n) is 2.40. The van der Waals surface area contributed by atoms with Gasteiger partial charge in [0.2, 0.25) is 11.9 Å². The highest BCUT2D eigenvalue weighted by Gasteiger charge is 2.46. The Morgan fingerprint density at radius 2 is 2.06 bits per heavy atom. The summed E-state index contributed by atoms with van der Waals surface area (Å²) in [5, 5.41) is 0. The fourth-order valence-electron chi connectivity index (χ4n) is 1.68. The van der Waals surface area contributed by atoms with Gasteiger partial charge in [0, 0.05) is 13.8 Å². The molecule has 0 N–H and O–H groups in total. The summed E-state index contributed by atoms with van der Waals surface area (Å²) < 4.78 is 15.8. The molecular formula is C11H16N2O5. The van der Waals surface area contributed by atoms with Gasteiger partial charge < -0.3 is 19.7 Å². The Labute approximate surface area is 105 Å². The lowest BCUT2D eigenvalue weighted by molar-refractivity contribution is -0.166. The van der Waals surface area contributed by atoms with Crippen LogP contribution >= 0.6 is 0 Å². The zero-order valence-electron chi connectivity index (χ0n) is 10.8. The van der Waals surface area contributed by atoms with Crippen LogP contribution in [0.3, 0.4) is 0 Å². The van der Waals surface area contributed by atoms with E-state index in [-0.39, 0.29) is 12.3 Å². The average molecular weight is 256 g/mol. The molecule has 7 heteroatoms. The Bertz CT molecular complexity index is 412. The van der Waals surface area contributed by atoms with Crippen LogP contribution in [-0.4, -0.2) is 46.9 Å². The van der Waals surface area contributed by atoms with Gasteiger partial charge in [-0.25, -0.2) is 0 Å². The van der Waals surface area contributed by atoms with Gasteiger partial charge in [-0.1, -0.05) is 0 Å². The van der Waals surface area contributed by atoms with Crippen LogP contribution in [-0.2, 0) is 23.8 Å². The van der Waals surface area contributed by atoms with Crippen LogP contribution in [0.5, 0.6) is 0 Å². The molecule has 1 rings (SSSR count). The zero-order chi connectivity index (χ0) is 13.9. The van der Waals surface area contributed by atoms with Crippen molar-refractivity contribution in [3.05, 3.63) is 5.53 Å². The summed E-state index contributed by atoms with van der Waals surface area (Å²) in [5.41, 5.74) is 8.58. The molecule has 18 heavy (non-hydrogen) atoms. The highest BCUT2D eigenvalue weighted by atomic mass is 16.8. The third-order valence-corrected chi connectivity index (χ3v) is 2.40. The van der Waals surface area contributed by atoms with E-state index >= 15 is 0 Å². The molecule has 0 aromatic rings. The molecule has 0 bridgehead atoms. The second-order valence-corrected chi connectivity index (χ2v) is 4.44. The lowest BCUT2D eigenvalue weighted by atomic mass is 10.1. The fourth-order valence-corrected chi connectivity index (χ4v) is 1.68. The number of ether oxygens (including phenoxy) is 3. The smallest absolute Gasteiger partial charge is 0.377 e. The van der Waals surface area contributed by atoms with Crippen LogP contribution < -0.4 is 0 Å². The van der Waals surface area contributed by atoms with Gasteiger partial charge in [0.15, 0.2) is 5.79 Å². The molecule has 0 aromatic heterocycles. The number of carbonyl (C=O) groups is 2. The third kappa shape index (κ3) is 3.46. The Morgan fingerprint density at radius 3 is 2.39 bits per heavy atom. The second-order valence-electron chi connectivity index (χ2n) is 4.44. The van der Waals surface area contributed by atoms with Crippen molar-refractivity contribution < 1.29 is 28.6 Å². The molecule has 2 atom stereocenters. The highest BCUT2D eigenvalue weighted by Crippen LogP contribution is 2.25. The summed E-state index contributed by atoms with van der Waals surface area (Å²) in [7, 11) is 0. The summed E-state index contributed by atoms with van der Waals surface area (Å²) in [5.74, 6) is -1.94. The summed E-state index contributed by atoms with van der Waals surface area (Å²) in [6.45, 7) is 5.94. The maximum Gasteiger partial charge on any atom is 0.377 e. The van der Waals surface area contributed by atoms with Crippen LogP contribution in [0.25, 0.3) is 5.53 Å². The van der Waals surface area contributed by atoms with E-state index in [1.165, 1.54) is 13.8 Å². The molecule has 1 aliphatic rings. The molecule has 0 amide bonds. The monoisotopic (exact) mass is 256 g/mol. The van der Waals surface area contributed by atoms with Crippen molar-refractivity contribution in [2.45, 2.75) is 45.7 Å². The molecular weight excluding hydrogens is 240 g/mol. The van der Waals surface area contributed by atoms with Crippen molar-refractivity contribution in [1.82, 2.24) is 0 Å². The number of hydrogen-bond acceptors (Lipinski definition) is 5. The minimum Gasteiger partial charge on any atom is -0.447 e. The molecule has 0 unspecified atom stereocenters. The Morgan fingerprint density at radius 1 is 1.44 bits per heavy atom. The van der Waals surface area contributed by atoms with Gasteiger partial charge in [-0.05, 0) is 13.8 Å². The van der Waals surface area contributed by atoms with E-state index in [1.54, 1.807) is 13.8 Å². The molecule has 1 saturated heterocycles. The first kappa shape index (κ1) is 14.5. The number of rotatable bonds is 4. The normalized spacial score (nSPS) is 23.0. The molecule has 1 fully saturated rings. The van der Waals surface area contributed by atoms with Gasteiger partial charge in [0.25, 0.3) is 0 Å². The maximum atomic E-state index is 11.3. The first-order valence-electron chi connectivity index (χ1n) is 5.48. The minimum atomic E-state index is -1.08. The van der Waals surface area contributed by atoms with Crippen molar-refractivity contribution in [2.75, 3.05) is 6.61 Å². The summed E-state index contributed by atoms with van der Waals surface area (Å²) in [4.78, 5) is 25.3. The number of carbonyl (C=O) groups excluding carboxylic acids is 2. The van der Waals surface area contributed by atoms with Gasteiger partial charge in [-0.2, -0.15) is 4.79 Å². The molecule has 1 aliphatic heterocycles. The largest absolute Gasteiger partial charge is 0.447 e. The molecule has 100 valence electrons. The number of nitrogens with zero attached hydrogens (tertiary/aromatic N) is 2. The van der Waals surface area contributed by atoms with Crippen LogP contribution in [0.1, 0.15) is 27.7 Å². The van der Waals surface area contributed by atoms with E-state index in [1.807, 2.05) is 0 Å². The molecule has 0 aliphatic carbocycles. The van der Waals surface area contributed by atoms with Crippen LogP contribution in [0.15, 0.2) is 0 Å². The lowest BCUT2D eigenvalue weighted by Gasteiger charge is -2.20. The predicted octanol–water partition coefficient (Wildman–Crippen LogP) is 0.329. The van der Waals surface area contributed by atoms with Gasteiger partial charge in [0.05, 0.1) is 6.61 Å². The summed E-state index contributed by atoms with van der Waals surface area (Å²) >= 11 is 0. The average Bonchev–Trinajstić information content (AvgIpc) is 2.57. The van der Waals surface area contributed by atoms with E-state index in [2.05, 4.69) is 4.79 Å². The van der Waals surface area contributed by atoms with Crippen molar-refractivity contribution in [3.8, 4) is 0 Å². The standard InChI is InChI=1S/C11H16N2O5/c1-6(14)9(13-12)10(17-7(2)15)8-5-16-11(3,4)18-8/h8,10H,5H2,1-4H3/t8-,10-/m1/s1. The molecule has 0 saturated carbocycles. The summed E-state index contributed by atoms with van der Waals surface area (Å²) in [6.07, 6.45) is -1.76. The molecule has 0 radical (unpaired) electrons. The first-order valence-corrected chi connectivity index (χ1v) is 5.48. The van der Waals surface area contributed by atoms with Gasteiger partial charge >= 0.3 is 11.7 Å². The van der Waals surface area contributed by atoms with E-state index in [4.69, 9.17) is 19.7 Å². The predicted molar refractivity (Wildman–Crippen MR) is 59.8 cm³/mol. The van der Waals surface area contributed by atoms with Crippen molar-refractivity contribution in [2.24, 2.45) is 0 Å². The quantitative estimate of drug-likeness (QED) is 0.312. The molecule has 1 heterocycles. The highest BCUT2D eigenvalue weighted by molar-refractivity contribution is 6.38. The van der Waals surface area contributed by atoms with Gasteiger partial charge in [-0.3, -0.25) is 9.59 Å². The van der Waals surface area contributed by atoms with Crippen LogP contribution in [0, 0.1) is 0 Å². The van der Waals surface area contributed by atoms with Gasteiger partial charge in [0.1, 0.15) is 6.10 Å². The van der Waals surface area contributed by atoms with Crippen molar-refractivity contribution in [1.29, 1.82) is 0 Å². The summed E-state index contributed by atoms with van der Waals surface area (Å²) in [6, 6.07) is 0. The van der Waals surface area contributed by atoms with Crippen molar-refractivity contribution in [3.63, 3.8) is 0 Å². The first-order chi connectivity index (χ1) is 8.26. The molecule has 7 nitrogen and oxygen atoms in total. The fraction of sp³-hybridized carbons (Fsp3) is 0.727. The van der Waals surface area contributed by atoms with E-state index in [0.29, 0.717) is 0 Å². The topological polar surface area (TPSA) is 98.2 Å². The minimum absolute atomic E-state index is 0.136. The van der Waals surface area contributed by atoms with Crippen LogP contribution in [0.4, 0.5) is 0 Å². The van der Waals surface area contributed by atoms with E-state index in [9.17, 15) is 9.59 Å². The van der Waals surface area contributed by atoms with Crippen LogP contribution in [0.2, 0.25) is 0 Å². The van der Waals surface area contributed by atoms with Gasteiger partial charge in [-0.15, -0.1) is 0 Å². The number of ketones is 1. The number of Topliss-reactive ketones (excluding diaryl/α,β-unsaturated/α-hetero) is 1. The Balaban J connectivity index is 2.96. The molecule has 0 aromatic carbocycles. The number of hydrogen-bond donors (Lipinski definition) is 0. The molecule has 0 spiro atoms. The Hall–Kier alpha value is -1.56. The maximum absolute atomic E-state index is 11.3. The second kappa shape index (κ2) is 5.39. The van der Waals surface area contributed by atoms with E-state index in [0.717, 1.165) is 0 Å². The van der Waals surface area contributed by atoms with Crippen molar-refractivity contribution >= 4 is 17.5 Å². The van der Waals surface area contributed by atoms with E-state index < -0.39 is 29.7 Å². The lowest BCUT2D eigenvalue weighted by Crippen LogP contribution is -2.43. The SMILES string of the molecule is CC(=O)O[C@@H](C(=[N+]=[N-])C(C)=O)[C@H]1COC(C)(C)O1. The Kier molecular flexibility index (Phi) is 4.34. The number of esters is 1. The zero-order valence-corrected chi connectivity index (χ0v) is 10.8.